The topological polar surface area (TPSA) is 99.7 Å². The number of carbonyl (C=O) groups is 1. The van der Waals surface area contributed by atoms with Crippen molar-refractivity contribution in [3.63, 3.8) is 0 Å². The van der Waals surface area contributed by atoms with E-state index in [-0.39, 0.29) is 5.91 Å². The number of aromatic nitrogens is 4. The molecule has 0 saturated carbocycles. The lowest BCUT2D eigenvalue weighted by atomic mass is 10.0. The highest BCUT2D eigenvalue weighted by atomic mass is 19.4. The first-order valence-electron chi connectivity index (χ1n) is 17.1. The fourth-order valence-corrected chi connectivity index (χ4v) is 4.85. The second-order valence-corrected chi connectivity index (χ2v) is 11.2. The SMILES string of the molecule is C=CC(=O)N1CCN(c2nc(OCCCC)nc3c2CCN(\C=c2/cn[nH]/c2=C/C=C(\C)C(F)(F)F)C3)CC1.CC.CCCOCCC. The number of fused-ring (bicyclic) bond motifs is 1. The Bertz CT molecular complexity index is 1410. The molecular formula is C35H54F3N7O3. The summed E-state index contributed by atoms with van der Waals surface area (Å²) in [4.78, 5) is 27.5. The Balaban J connectivity index is 0.000000790. The normalized spacial score (nSPS) is 15.7. The van der Waals surface area contributed by atoms with Gasteiger partial charge in [-0.25, -0.2) is 0 Å². The number of hydrogen-bond acceptors (Lipinski definition) is 8. The van der Waals surface area contributed by atoms with Crippen molar-refractivity contribution < 1.29 is 27.4 Å². The Kier molecular flexibility index (Phi) is 17.8. The van der Waals surface area contributed by atoms with E-state index in [4.69, 9.17) is 19.4 Å². The van der Waals surface area contributed by atoms with Gasteiger partial charge in [-0.05, 0) is 44.8 Å². The van der Waals surface area contributed by atoms with E-state index in [9.17, 15) is 18.0 Å². The Hall–Kier alpha value is -3.87. The lowest BCUT2D eigenvalue weighted by Gasteiger charge is -2.37. The molecule has 4 heterocycles. The molecule has 1 saturated heterocycles. The van der Waals surface area contributed by atoms with Gasteiger partial charge in [0.25, 0.3) is 0 Å². The van der Waals surface area contributed by atoms with Crippen molar-refractivity contribution in [2.24, 2.45) is 0 Å². The van der Waals surface area contributed by atoms with Gasteiger partial charge in [-0.2, -0.15) is 28.2 Å². The highest BCUT2D eigenvalue weighted by molar-refractivity contribution is 5.87. The third kappa shape index (κ3) is 12.6. The van der Waals surface area contributed by atoms with Gasteiger partial charge in [-0.15, -0.1) is 0 Å². The third-order valence-corrected chi connectivity index (χ3v) is 7.51. The number of allylic oxidation sites excluding steroid dienone is 2. The summed E-state index contributed by atoms with van der Waals surface area (Å²) in [5, 5.41) is 7.95. The van der Waals surface area contributed by atoms with Gasteiger partial charge in [-0.3, -0.25) is 9.89 Å². The number of aromatic amines is 1. The Morgan fingerprint density at radius 3 is 2.31 bits per heavy atom. The maximum atomic E-state index is 12.9. The summed E-state index contributed by atoms with van der Waals surface area (Å²) in [6.07, 6.45) is 7.70. The van der Waals surface area contributed by atoms with Gasteiger partial charge in [0.05, 0.1) is 30.4 Å². The van der Waals surface area contributed by atoms with Crippen LogP contribution >= 0.6 is 0 Å². The van der Waals surface area contributed by atoms with Gasteiger partial charge in [0.15, 0.2) is 0 Å². The Morgan fingerprint density at radius 1 is 1.02 bits per heavy atom. The van der Waals surface area contributed by atoms with E-state index in [0.717, 1.165) is 69.0 Å². The van der Waals surface area contributed by atoms with E-state index in [2.05, 4.69) is 47.3 Å². The fourth-order valence-electron chi connectivity index (χ4n) is 4.85. The Morgan fingerprint density at radius 2 is 1.71 bits per heavy atom. The van der Waals surface area contributed by atoms with Crippen molar-refractivity contribution >= 4 is 24.0 Å². The number of H-pyrrole nitrogens is 1. The van der Waals surface area contributed by atoms with Gasteiger partial charge in [-0.1, -0.05) is 53.7 Å². The van der Waals surface area contributed by atoms with Gasteiger partial charge < -0.3 is 24.2 Å². The number of unbranched alkanes of at least 4 members (excludes halogenated alkanes) is 1. The van der Waals surface area contributed by atoms with Crippen LogP contribution in [0.1, 0.15) is 78.5 Å². The highest BCUT2D eigenvalue weighted by Gasteiger charge is 2.29. The lowest BCUT2D eigenvalue weighted by molar-refractivity contribution is -0.126. The van der Waals surface area contributed by atoms with Crippen molar-refractivity contribution in [2.75, 3.05) is 57.4 Å². The molecule has 0 aromatic carbocycles. The van der Waals surface area contributed by atoms with Crippen LogP contribution in [-0.4, -0.2) is 94.6 Å². The van der Waals surface area contributed by atoms with Crippen molar-refractivity contribution in [3.8, 4) is 6.01 Å². The molecule has 2 aromatic heterocycles. The molecule has 0 bridgehead atoms. The largest absolute Gasteiger partial charge is 0.463 e. The van der Waals surface area contributed by atoms with Crippen molar-refractivity contribution in [3.05, 3.63) is 52.3 Å². The molecule has 0 unspecified atom stereocenters. The van der Waals surface area contributed by atoms with Crippen molar-refractivity contribution in [1.82, 2.24) is 30.0 Å². The van der Waals surface area contributed by atoms with Crippen molar-refractivity contribution in [1.29, 1.82) is 0 Å². The molecule has 4 rings (SSSR count). The number of hydrogen-bond donors (Lipinski definition) is 1. The summed E-state index contributed by atoms with van der Waals surface area (Å²) in [7, 11) is 0. The van der Waals surface area contributed by atoms with E-state index in [0.29, 0.717) is 68.9 Å². The zero-order valence-electron chi connectivity index (χ0n) is 29.5. The molecule has 0 atom stereocenters. The van der Waals surface area contributed by atoms with Crippen molar-refractivity contribution in [2.45, 2.75) is 86.4 Å². The zero-order chi connectivity index (χ0) is 35.5. The van der Waals surface area contributed by atoms with Crippen LogP contribution in [0.4, 0.5) is 19.0 Å². The first kappa shape index (κ1) is 40.3. The fraction of sp³-hybridized carbons (Fsp3) is 0.600. The van der Waals surface area contributed by atoms with Crippen LogP contribution in [0.15, 0.2) is 30.5 Å². The molecule has 268 valence electrons. The zero-order valence-corrected chi connectivity index (χ0v) is 29.5. The molecular weight excluding hydrogens is 623 g/mol. The Labute approximate surface area is 283 Å². The summed E-state index contributed by atoms with van der Waals surface area (Å²) in [5.74, 6) is 0.760. The van der Waals surface area contributed by atoms with E-state index in [1.165, 1.54) is 12.2 Å². The highest BCUT2D eigenvalue weighted by Crippen LogP contribution is 2.29. The average Bonchev–Trinajstić information content (AvgIpc) is 3.54. The molecule has 0 aliphatic carbocycles. The second kappa shape index (κ2) is 21.2. The number of alkyl halides is 3. The van der Waals surface area contributed by atoms with Crippen LogP contribution in [0, 0.1) is 0 Å². The maximum absolute atomic E-state index is 12.9. The summed E-state index contributed by atoms with van der Waals surface area (Å²) in [6.45, 7) is 20.9. The summed E-state index contributed by atoms with van der Waals surface area (Å²) in [5.41, 5.74) is 1.21. The maximum Gasteiger partial charge on any atom is 0.412 e. The van der Waals surface area contributed by atoms with Gasteiger partial charge in [0.2, 0.25) is 5.91 Å². The molecule has 1 amide bonds. The smallest absolute Gasteiger partial charge is 0.412 e. The monoisotopic (exact) mass is 677 g/mol. The molecule has 10 nitrogen and oxygen atoms in total. The molecule has 13 heteroatoms. The molecule has 1 N–H and O–H groups in total. The minimum absolute atomic E-state index is 0.0750. The number of nitrogens with one attached hydrogen (secondary N) is 1. The number of rotatable bonds is 12. The summed E-state index contributed by atoms with van der Waals surface area (Å²) >= 11 is 0. The number of nitrogens with zero attached hydrogens (tertiary/aromatic N) is 6. The van der Waals surface area contributed by atoms with Crippen LogP contribution in [0.3, 0.4) is 0 Å². The minimum Gasteiger partial charge on any atom is -0.463 e. The van der Waals surface area contributed by atoms with Gasteiger partial charge >= 0.3 is 12.2 Å². The molecule has 2 aromatic rings. The third-order valence-electron chi connectivity index (χ3n) is 7.51. The van der Waals surface area contributed by atoms with E-state index in [1.807, 2.05) is 20.0 Å². The predicted molar refractivity (Wildman–Crippen MR) is 185 cm³/mol. The van der Waals surface area contributed by atoms with Gasteiger partial charge in [0.1, 0.15) is 5.82 Å². The molecule has 0 spiro atoms. The molecule has 1 fully saturated rings. The quantitative estimate of drug-likeness (QED) is 0.244. The lowest BCUT2D eigenvalue weighted by Crippen LogP contribution is -2.49. The standard InChI is InChI=1S/C27H34F3N7O2.C6H14O.C2H6/c1-4-6-15-39-26-32-23-18-35(17-20-16-31-34-22(20)8-7-19(3)27(28,29)30)10-9-21(23)25(33-26)37-13-11-36(12-14-37)24(38)5-2;1-3-5-7-6-4-2;1-2/h5,7-8,16-17,34H,2,4,6,9-15,18H2,1,3H3;3-6H2,1-2H3;1-2H3/b19-7+,20-17+,22-8+;;. The number of carbonyl (C=O) groups excluding carboxylic acids is 1. The van der Waals surface area contributed by atoms with E-state index in [1.54, 1.807) is 11.1 Å². The molecule has 0 radical (unpaired) electrons. The second-order valence-electron chi connectivity index (χ2n) is 11.2. The van der Waals surface area contributed by atoms with Gasteiger partial charge in [0, 0.05) is 68.5 Å². The van der Waals surface area contributed by atoms with Crippen LogP contribution in [0.2, 0.25) is 0 Å². The minimum atomic E-state index is -4.38. The van der Waals surface area contributed by atoms with Crippen LogP contribution in [0.25, 0.3) is 12.3 Å². The number of amides is 1. The summed E-state index contributed by atoms with van der Waals surface area (Å²) in [6, 6.07) is 0.328. The van der Waals surface area contributed by atoms with Crippen LogP contribution in [-0.2, 0) is 22.5 Å². The molecule has 2 aliphatic heterocycles. The first-order chi connectivity index (χ1) is 23.1. The average molecular weight is 678 g/mol. The summed E-state index contributed by atoms with van der Waals surface area (Å²) < 4.78 is 49.7. The van der Waals surface area contributed by atoms with Crippen LogP contribution < -0.4 is 20.2 Å². The number of anilines is 1. The number of halogens is 3. The molecule has 2 aliphatic rings. The molecule has 48 heavy (non-hydrogen) atoms. The van der Waals surface area contributed by atoms with Crippen LogP contribution in [0.5, 0.6) is 6.01 Å². The first-order valence-corrected chi connectivity index (χ1v) is 17.1. The number of ether oxygens (including phenoxy) is 2. The predicted octanol–water partition coefficient (Wildman–Crippen LogP) is 5.15. The van der Waals surface area contributed by atoms with E-state index >= 15 is 0 Å². The number of piperazine rings is 1. The van der Waals surface area contributed by atoms with E-state index < -0.39 is 11.7 Å².